The Kier molecular flexibility index (Phi) is 8.52. The number of aromatic nitrogens is 1. The number of thioether (sulfide) groups is 1. The molecule has 2 aliphatic heterocycles. The van der Waals surface area contributed by atoms with E-state index >= 15 is 0 Å². The van der Waals surface area contributed by atoms with Crippen LogP contribution in [0.3, 0.4) is 0 Å². The molecule has 0 bridgehead atoms. The fourth-order valence-corrected chi connectivity index (χ4v) is 5.44. The Balaban J connectivity index is 2.10. The van der Waals surface area contributed by atoms with Gasteiger partial charge in [-0.3, -0.25) is 23.9 Å². The molecule has 0 saturated carbocycles. The van der Waals surface area contributed by atoms with E-state index in [-0.39, 0.29) is 30.0 Å². The maximum Gasteiger partial charge on any atom is 0.303 e. The van der Waals surface area contributed by atoms with Crippen molar-refractivity contribution in [2.24, 2.45) is 0 Å². The van der Waals surface area contributed by atoms with E-state index in [0.29, 0.717) is 33.3 Å². The maximum absolute atomic E-state index is 13.2. The predicted molar refractivity (Wildman–Crippen MR) is 137 cm³/mol. The van der Waals surface area contributed by atoms with Crippen molar-refractivity contribution in [2.45, 2.75) is 39.7 Å². The lowest BCUT2D eigenvalue weighted by atomic mass is 10.0. The number of thiocarbonyl (C=S) groups is 1. The molecule has 0 atom stereocenters. The normalized spacial score (nSPS) is 18.1. The first-order valence-electron chi connectivity index (χ1n) is 11.3. The highest BCUT2D eigenvalue weighted by Crippen LogP contribution is 2.36. The molecular weight excluding hydrogens is 474 g/mol. The van der Waals surface area contributed by atoms with E-state index in [1.165, 1.54) is 4.90 Å². The number of carbonyl (C=O) groups is 2. The van der Waals surface area contributed by atoms with Crippen molar-refractivity contribution in [2.75, 3.05) is 44.7 Å². The number of hydrogen-bond donors (Lipinski definition) is 1. The second kappa shape index (κ2) is 11.2. The molecule has 0 aliphatic carbocycles. The molecule has 3 heterocycles. The van der Waals surface area contributed by atoms with Crippen molar-refractivity contribution in [3.63, 3.8) is 0 Å². The van der Waals surface area contributed by atoms with Crippen LogP contribution in [-0.4, -0.2) is 75.4 Å². The molecule has 1 aromatic heterocycles. The Morgan fingerprint density at radius 2 is 1.91 bits per heavy atom. The summed E-state index contributed by atoms with van der Waals surface area (Å²) in [5, 5.41) is 18.6. The minimum atomic E-state index is -0.921. The number of carboxylic acid groups (broad SMARTS) is 1. The number of aliphatic carboxylic acids is 1. The molecule has 0 unspecified atom stereocenters. The van der Waals surface area contributed by atoms with Gasteiger partial charge in [0.25, 0.3) is 11.5 Å². The minimum Gasteiger partial charge on any atom is -0.481 e. The molecule has 1 amide bonds. The Morgan fingerprint density at radius 3 is 2.50 bits per heavy atom. The summed E-state index contributed by atoms with van der Waals surface area (Å²) in [7, 11) is 2.05. The molecule has 0 radical (unpaired) electrons. The van der Waals surface area contributed by atoms with Crippen LogP contribution in [0.2, 0.25) is 0 Å². The van der Waals surface area contributed by atoms with Gasteiger partial charge in [-0.1, -0.05) is 30.9 Å². The third-order valence-corrected chi connectivity index (χ3v) is 7.40. The van der Waals surface area contributed by atoms with E-state index in [0.717, 1.165) is 50.2 Å². The highest BCUT2D eigenvalue weighted by molar-refractivity contribution is 8.26. The smallest absolute Gasteiger partial charge is 0.303 e. The van der Waals surface area contributed by atoms with Gasteiger partial charge in [-0.25, -0.2) is 0 Å². The first-order valence-corrected chi connectivity index (χ1v) is 12.5. The highest BCUT2D eigenvalue weighted by Gasteiger charge is 2.33. The largest absolute Gasteiger partial charge is 0.481 e. The zero-order valence-electron chi connectivity index (χ0n) is 19.7. The molecule has 1 N–H and O–H groups in total. The summed E-state index contributed by atoms with van der Waals surface area (Å²) < 4.78 is 2.04. The van der Waals surface area contributed by atoms with Crippen LogP contribution >= 0.6 is 24.0 Å². The highest BCUT2D eigenvalue weighted by atomic mass is 32.2. The molecule has 34 heavy (non-hydrogen) atoms. The van der Waals surface area contributed by atoms with Crippen LogP contribution in [0.1, 0.15) is 42.9 Å². The number of piperazine rings is 1. The van der Waals surface area contributed by atoms with Gasteiger partial charge in [0.05, 0.1) is 4.91 Å². The van der Waals surface area contributed by atoms with Crippen LogP contribution in [0.25, 0.3) is 6.08 Å². The number of nitriles is 1. The average molecular weight is 504 g/mol. The molecule has 2 fully saturated rings. The van der Waals surface area contributed by atoms with Crippen LogP contribution in [0.5, 0.6) is 0 Å². The van der Waals surface area contributed by atoms with Crippen LogP contribution < -0.4 is 10.5 Å². The van der Waals surface area contributed by atoms with Crippen molar-refractivity contribution in [3.05, 3.63) is 31.9 Å². The minimum absolute atomic E-state index is 0.0454. The molecule has 2 aliphatic rings. The zero-order chi connectivity index (χ0) is 25.0. The van der Waals surface area contributed by atoms with Gasteiger partial charge in [-0.2, -0.15) is 5.26 Å². The standard InChI is InChI=1S/C23H29N5O4S2/c1-4-7-27-20(26-11-9-25(3)10-12-26)16(15(2)17(14-24)21(27)31)13-18-22(32)28(23(33)34-18)8-5-6-19(29)30/h13H,4-12H2,1-3H3,(H,29,30)/b18-13+. The summed E-state index contributed by atoms with van der Waals surface area (Å²) >= 11 is 6.55. The summed E-state index contributed by atoms with van der Waals surface area (Å²) in [6, 6.07) is 2.06. The van der Waals surface area contributed by atoms with E-state index in [2.05, 4.69) is 22.9 Å². The van der Waals surface area contributed by atoms with E-state index < -0.39 is 5.97 Å². The van der Waals surface area contributed by atoms with Gasteiger partial charge in [0.1, 0.15) is 21.8 Å². The molecular formula is C23H29N5O4S2. The number of rotatable bonds is 8. The molecule has 182 valence electrons. The molecule has 1 aromatic rings. The van der Waals surface area contributed by atoms with Crippen molar-refractivity contribution >= 4 is 52.1 Å². The maximum atomic E-state index is 13.2. The number of nitrogens with zero attached hydrogens (tertiary/aromatic N) is 5. The number of amides is 1. The Morgan fingerprint density at radius 1 is 1.24 bits per heavy atom. The van der Waals surface area contributed by atoms with Crippen LogP contribution in [0.4, 0.5) is 5.82 Å². The zero-order valence-corrected chi connectivity index (χ0v) is 21.3. The van der Waals surface area contributed by atoms with Gasteiger partial charge >= 0.3 is 5.97 Å². The fourth-order valence-electron chi connectivity index (χ4n) is 4.15. The number of pyridine rings is 1. The van der Waals surface area contributed by atoms with E-state index in [9.17, 15) is 19.6 Å². The van der Waals surface area contributed by atoms with Gasteiger partial charge < -0.3 is 14.9 Å². The molecule has 3 rings (SSSR count). The third kappa shape index (κ3) is 5.35. The topological polar surface area (TPSA) is 110 Å². The first-order chi connectivity index (χ1) is 16.2. The number of carboxylic acids is 1. The summed E-state index contributed by atoms with van der Waals surface area (Å²) in [4.78, 5) is 43.4. The van der Waals surface area contributed by atoms with Gasteiger partial charge in [0.15, 0.2) is 0 Å². The summed E-state index contributed by atoms with van der Waals surface area (Å²) in [5.74, 6) is -0.473. The quantitative estimate of drug-likeness (QED) is 0.422. The Bertz CT molecular complexity index is 1130. The second-order valence-electron chi connectivity index (χ2n) is 8.43. The Labute approximate surface area is 208 Å². The van der Waals surface area contributed by atoms with Gasteiger partial charge in [-0.05, 0) is 38.5 Å². The first kappa shape index (κ1) is 25.9. The molecule has 2 saturated heterocycles. The van der Waals surface area contributed by atoms with Gasteiger partial charge in [0.2, 0.25) is 0 Å². The summed E-state index contributed by atoms with van der Waals surface area (Å²) in [6.45, 7) is 7.55. The second-order valence-corrected chi connectivity index (χ2v) is 10.1. The van der Waals surface area contributed by atoms with Crippen molar-refractivity contribution in [3.8, 4) is 6.07 Å². The summed E-state index contributed by atoms with van der Waals surface area (Å²) in [5.41, 5.74) is 0.994. The van der Waals surface area contributed by atoms with Crippen LogP contribution in [0, 0.1) is 18.3 Å². The average Bonchev–Trinajstić information content (AvgIpc) is 3.05. The number of anilines is 1. The SMILES string of the molecule is CCCn1c(N2CCN(C)CC2)c(/C=C2/SC(=S)N(CCCC(=O)O)C2=O)c(C)c(C#N)c1=O. The number of hydrogen-bond acceptors (Lipinski definition) is 8. The number of likely N-dealkylation sites (N-methyl/N-ethyl adjacent to an activating group) is 1. The van der Waals surface area contributed by atoms with Gasteiger partial charge in [0, 0.05) is 51.3 Å². The van der Waals surface area contributed by atoms with E-state index in [4.69, 9.17) is 17.3 Å². The third-order valence-electron chi connectivity index (χ3n) is 6.02. The Hall–Kier alpha value is -2.68. The molecule has 11 heteroatoms. The van der Waals surface area contributed by atoms with Crippen molar-refractivity contribution < 1.29 is 14.7 Å². The molecule has 0 spiro atoms. The van der Waals surface area contributed by atoms with Gasteiger partial charge in [-0.15, -0.1) is 0 Å². The van der Waals surface area contributed by atoms with Crippen molar-refractivity contribution in [1.82, 2.24) is 14.4 Å². The summed E-state index contributed by atoms with van der Waals surface area (Å²) in [6.07, 6.45) is 2.72. The van der Waals surface area contributed by atoms with Crippen molar-refractivity contribution in [1.29, 1.82) is 5.26 Å². The fraction of sp³-hybridized carbons (Fsp3) is 0.522. The van der Waals surface area contributed by atoms with E-state index in [1.54, 1.807) is 17.6 Å². The lowest BCUT2D eigenvalue weighted by Crippen LogP contribution is -2.47. The van der Waals surface area contributed by atoms with Crippen LogP contribution in [0.15, 0.2) is 9.70 Å². The molecule has 0 aromatic carbocycles. The van der Waals surface area contributed by atoms with E-state index in [1.807, 2.05) is 6.92 Å². The monoisotopic (exact) mass is 503 g/mol. The predicted octanol–water partition coefficient (Wildman–Crippen LogP) is 2.26. The number of carbonyl (C=O) groups excluding carboxylic acids is 1. The van der Waals surface area contributed by atoms with Crippen LogP contribution in [-0.2, 0) is 16.1 Å². The lowest BCUT2D eigenvalue weighted by Gasteiger charge is -2.36. The molecule has 9 nitrogen and oxygen atoms in total. The lowest BCUT2D eigenvalue weighted by molar-refractivity contribution is -0.137.